The van der Waals surface area contributed by atoms with Crippen molar-refractivity contribution in [2.24, 2.45) is 0 Å². The molecule has 1 aliphatic heterocycles. The molecule has 8 nitrogen and oxygen atoms in total. The van der Waals surface area contributed by atoms with Gasteiger partial charge in [0, 0.05) is 19.3 Å². The molecule has 0 spiro atoms. The summed E-state index contributed by atoms with van der Waals surface area (Å²) in [4.78, 5) is 11.0. The van der Waals surface area contributed by atoms with Gasteiger partial charge in [-0.2, -0.15) is 0 Å². The topological polar surface area (TPSA) is 93.7 Å². The van der Waals surface area contributed by atoms with E-state index < -0.39 is 10.0 Å². The minimum atomic E-state index is -3.64. The first-order chi connectivity index (χ1) is 13.6. The second-order valence-electron chi connectivity index (χ2n) is 6.45. The van der Waals surface area contributed by atoms with Crippen LogP contribution in [0.5, 0.6) is 5.75 Å². The van der Waals surface area contributed by atoms with Crippen LogP contribution in [-0.4, -0.2) is 51.3 Å². The van der Waals surface area contributed by atoms with Crippen molar-refractivity contribution in [1.29, 1.82) is 0 Å². The summed E-state index contributed by atoms with van der Waals surface area (Å²) in [7, 11) is -3.64. The van der Waals surface area contributed by atoms with Crippen LogP contribution >= 0.6 is 0 Å². The zero-order valence-electron chi connectivity index (χ0n) is 16.0. The fourth-order valence-electron chi connectivity index (χ4n) is 2.70. The van der Waals surface area contributed by atoms with Gasteiger partial charge in [-0.15, -0.1) is 0 Å². The van der Waals surface area contributed by atoms with Gasteiger partial charge < -0.3 is 14.4 Å². The highest BCUT2D eigenvalue weighted by molar-refractivity contribution is 7.89. The normalized spacial score (nSPS) is 14.8. The van der Waals surface area contributed by atoms with Crippen LogP contribution < -0.4 is 14.4 Å². The lowest BCUT2D eigenvalue weighted by Gasteiger charge is -2.26. The highest BCUT2D eigenvalue weighted by Gasteiger charge is 2.16. The standard InChI is InChI=1S/C19H26N4O4S/c1-2-3-12-27-17-4-6-18(7-5-17)28(24,25)21-15-16-8-9-20-19(22-16)23-10-13-26-14-11-23/h4-9,21H,2-3,10-15H2,1H3. The highest BCUT2D eigenvalue weighted by Crippen LogP contribution is 2.17. The molecule has 1 N–H and O–H groups in total. The van der Waals surface area contributed by atoms with Gasteiger partial charge in [0.25, 0.3) is 0 Å². The molecule has 0 saturated carbocycles. The molecule has 0 unspecified atom stereocenters. The average molecular weight is 407 g/mol. The Morgan fingerprint density at radius 3 is 2.64 bits per heavy atom. The predicted molar refractivity (Wildman–Crippen MR) is 106 cm³/mol. The molecule has 0 aliphatic carbocycles. The monoisotopic (exact) mass is 406 g/mol. The van der Waals surface area contributed by atoms with E-state index in [2.05, 4.69) is 21.6 Å². The van der Waals surface area contributed by atoms with E-state index in [1.165, 1.54) is 0 Å². The Bertz CT molecular complexity index is 852. The lowest BCUT2D eigenvalue weighted by atomic mass is 10.3. The van der Waals surface area contributed by atoms with Gasteiger partial charge in [-0.25, -0.2) is 23.1 Å². The van der Waals surface area contributed by atoms with Crippen LogP contribution in [0.3, 0.4) is 0 Å². The van der Waals surface area contributed by atoms with Gasteiger partial charge in [0.15, 0.2) is 0 Å². The summed E-state index contributed by atoms with van der Waals surface area (Å²) >= 11 is 0. The second-order valence-corrected chi connectivity index (χ2v) is 8.21. The number of nitrogens with zero attached hydrogens (tertiary/aromatic N) is 3. The molecule has 2 heterocycles. The summed E-state index contributed by atoms with van der Waals surface area (Å²) < 4.78 is 38.6. The molecule has 2 aromatic rings. The van der Waals surface area contributed by atoms with Gasteiger partial charge in [0.05, 0.1) is 37.0 Å². The van der Waals surface area contributed by atoms with Gasteiger partial charge in [-0.05, 0) is 36.8 Å². The van der Waals surface area contributed by atoms with Gasteiger partial charge in [0.1, 0.15) is 5.75 Å². The molecular weight excluding hydrogens is 380 g/mol. The predicted octanol–water partition coefficient (Wildman–Crippen LogP) is 1.97. The average Bonchev–Trinajstić information content (AvgIpc) is 2.74. The van der Waals surface area contributed by atoms with E-state index >= 15 is 0 Å². The SMILES string of the molecule is CCCCOc1ccc(S(=O)(=O)NCc2ccnc(N3CCOCC3)n2)cc1. The van der Waals surface area contributed by atoms with E-state index in [1.807, 2.05) is 4.90 Å². The minimum Gasteiger partial charge on any atom is -0.494 e. The summed E-state index contributed by atoms with van der Waals surface area (Å²) in [6.45, 7) is 5.53. The number of aromatic nitrogens is 2. The summed E-state index contributed by atoms with van der Waals surface area (Å²) in [5, 5.41) is 0. The maximum absolute atomic E-state index is 12.5. The molecule has 1 aromatic carbocycles. The zero-order chi connectivity index (χ0) is 19.8. The number of anilines is 1. The van der Waals surface area contributed by atoms with E-state index in [0.717, 1.165) is 25.9 Å². The third-order valence-electron chi connectivity index (χ3n) is 4.34. The first kappa shape index (κ1) is 20.5. The third kappa shape index (κ3) is 5.63. The molecule has 9 heteroatoms. The van der Waals surface area contributed by atoms with E-state index in [0.29, 0.717) is 37.2 Å². The first-order valence-electron chi connectivity index (χ1n) is 9.45. The van der Waals surface area contributed by atoms with E-state index in [4.69, 9.17) is 9.47 Å². The molecule has 0 amide bonds. The minimum absolute atomic E-state index is 0.0942. The number of ether oxygens (including phenoxy) is 2. The van der Waals surface area contributed by atoms with Crippen LogP contribution in [0.25, 0.3) is 0 Å². The summed E-state index contributed by atoms with van der Waals surface area (Å²) in [5.41, 5.74) is 0.611. The Morgan fingerprint density at radius 2 is 1.93 bits per heavy atom. The van der Waals surface area contributed by atoms with Crippen molar-refractivity contribution >= 4 is 16.0 Å². The van der Waals surface area contributed by atoms with Crippen LogP contribution in [0.4, 0.5) is 5.95 Å². The maximum Gasteiger partial charge on any atom is 0.240 e. The van der Waals surface area contributed by atoms with Gasteiger partial charge in [-0.3, -0.25) is 0 Å². The second kappa shape index (κ2) is 9.81. The van der Waals surface area contributed by atoms with Crippen molar-refractivity contribution in [2.45, 2.75) is 31.2 Å². The number of hydrogen-bond acceptors (Lipinski definition) is 7. The lowest BCUT2D eigenvalue weighted by molar-refractivity contribution is 0.122. The number of unbranched alkanes of at least 4 members (excludes halogenated alkanes) is 1. The Hall–Kier alpha value is -2.23. The van der Waals surface area contributed by atoms with Crippen molar-refractivity contribution in [3.05, 3.63) is 42.2 Å². The number of sulfonamides is 1. The van der Waals surface area contributed by atoms with Crippen LogP contribution in [0.2, 0.25) is 0 Å². The van der Waals surface area contributed by atoms with Gasteiger partial charge >= 0.3 is 0 Å². The zero-order valence-corrected chi connectivity index (χ0v) is 16.8. The number of benzene rings is 1. The number of hydrogen-bond donors (Lipinski definition) is 1. The molecule has 3 rings (SSSR count). The molecule has 0 radical (unpaired) electrons. The highest BCUT2D eigenvalue weighted by atomic mass is 32.2. The summed E-state index contributed by atoms with van der Waals surface area (Å²) in [6, 6.07) is 8.14. The molecule has 1 aromatic heterocycles. The third-order valence-corrected chi connectivity index (χ3v) is 5.76. The Kier molecular flexibility index (Phi) is 7.18. The van der Waals surface area contributed by atoms with Crippen molar-refractivity contribution < 1.29 is 17.9 Å². The lowest BCUT2D eigenvalue weighted by Crippen LogP contribution is -2.37. The number of rotatable bonds is 9. The Balaban J connectivity index is 1.60. The van der Waals surface area contributed by atoms with E-state index in [1.54, 1.807) is 36.5 Å². The van der Waals surface area contributed by atoms with Crippen LogP contribution in [0, 0.1) is 0 Å². The molecule has 0 bridgehead atoms. The fraction of sp³-hybridized carbons (Fsp3) is 0.474. The van der Waals surface area contributed by atoms with Crippen molar-refractivity contribution in [3.63, 3.8) is 0 Å². The van der Waals surface area contributed by atoms with Crippen LogP contribution in [0.1, 0.15) is 25.5 Å². The Labute approximate surface area is 166 Å². The molecular formula is C19H26N4O4S. The quantitative estimate of drug-likeness (QED) is 0.636. The van der Waals surface area contributed by atoms with Gasteiger partial charge in [-0.1, -0.05) is 13.3 Å². The van der Waals surface area contributed by atoms with Gasteiger partial charge in [0.2, 0.25) is 16.0 Å². The summed E-state index contributed by atoms with van der Waals surface area (Å²) in [6.07, 6.45) is 3.66. The van der Waals surface area contributed by atoms with Crippen molar-refractivity contribution in [1.82, 2.24) is 14.7 Å². The molecule has 1 saturated heterocycles. The van der Waals surface area contributed by atoms with E-state index in [9.17, 15) is 8.42 Å². The van der Waals surface area contributed by atoms with Crippen LogP contribution in [-0.2, 0) is 21.3 Å². The van der Waals surface area contributed by atoms with Crippen LogP contribution in [0.15, 0.2) is 41.4 Å². The molecule has 28 heavy (non-hydrogen) atoms. The summed E-state index contributed by atoms with van der Waals surface area (Å²) in [5.74, 6) is 1.26. The maximum atomic E-state index is 12.5. The fourth-order valence-corrected chi connectivity index (χ4v) is 3.70. The molecule has 152 valence electrons. The van der Waals surface area contributed by atoms with Crippen molar-refractivity contribution in [2.75, 3.05) is 37.8 Å². The smallest absolute Gasteiger partial charge is 0.240 e. The van der Waals surface area contributed by atoms with E-state index in [-0.39, 0.29) is 11.4 Å². The molecule has 0 atom stereocenters. The molecule has 1 fully saturated rings. The Morgan fingerprint density at radius 1 is 1.18 bits per heavy atom. The number of nitrogens with one attached hydrogen (secondary N) is 1. The molecule has 1 aliphatic rings. The number of morpholine rings is 1. The van der Waals surface area contributed by atoms with Crippen molar-refractivity contribution in [3.8, 4) is 5.75 Å². The first-order valence-corrected chi connectivity index (χ1v) is 10.9. The largest absolute Gasteiger partial charge is 0.494 e.